The SMILES string of the molecule is CS(=O)(=O)CC1(CNC(=O)C2CCCC(N)C2)CC1.Cl. The molecule has 2 atom stereocenters. The largest absolute Gasteiger partial charge is 0.355 e. The molecular weight excluding hydrogens is 300 g/mol. The highest BCUT2D eigenvalue weighted by atomic mass is 35.5. The Hall–Kier alpha value is -0.330. The van der Waals surface area contributed by atoms with E-state index in [0.717, 1.165) is 38.5 Å². The minimum absolute atomic E-state index is 0. The van der Waals surface area contributed by atoms with Crippen LogP contribution in [0.25, 0.3) is 0 Å². The molecule has 2 aliphatic carbocycles. The molecule has 0 bridgehead atoms. The van der Waals surface area contributed by atoms with E-state index in [4.69, 9.17) is 5.73 Å². The second kappa shape index (κ2) is 6.62. The van der Waals surface area contributed by atoms with Gasteiger partial charge in [-0.25, -0.2) is 8.42 Å². The van der Waals surface area contributed by atoms with Gasteiger partial charge in [-0.3, -0.25) is 4.79 Å². The topological polar surface area (TPSA) is 89.3 Å². The summed E-state index contributed by atoms with van der Waals surface area (Å²) in [5.41, 5.74) is 5.69. The van der Waals surface area contributed by atoms with Crippen molar-refractivity contribution in [1.82, 2.24) is 5.32 Å². The molecule has 2 saturated carbocycles. The van der Waals surface area contributed by atoms with Crippen molar-refractivity contribution in [1.29, 1.82) is 0 Å². The van der Waals surface area contributed by atoms with E-state index in [1.165, 1.54) is 6.26 Å². The van der Waals surface area contributed by atoms with Crippen LogP contribution >= 0.6 is 12.4 Å². The van der Waals surface area contributed by atoms with Gasteiger partial charge in [0, 0.05) is 30.2 Å². The molecular formula is C13H25ClN2O3S. The Bertz CT molecular complexity index is 449. The van der Waals surface area contributed by atoms with Crippen LogP contribution in [0.4, 0.5) is 0 Å². The molecule has 0 aliphatic heterocycles. The first kappa shape index (κ1) is 17.7. The zero-order valence-electron chi connectivity index (χ0n) is 11.9. The van der Waals surface area contributed by atoms with Gasteiger partial charge in [-0.1, -0.05) is 6.42 Å². The van der Waals surface area contributed by atoms with Gasteiger partial charge >= 0.3 is 0 Å². The highest BCUT2D eigenvalue weighted by molar-refractivity contribution is 7.90. The standard InChI is InChI=1S/C13H24N2O3S.ClH/c1-19(17,18)9-13(5-6-13)8-15-12(16)10-3-2-4-11(14)7-10;/h10-11H,2-9,14H2,1H3,(H,15,16);1H. The van der Waals surface area contributed by atoms with E-state index in [1.54, 1.807) is 0 Å². The first-order valence-electron chi connectivity index (χ1n) is 7.01. The van der Waals surface area contributed by atoms with Crippen molar-refractivity contribution in [2.75, 3.05) is 18.6 Å². The Morgan fingerprint density at radius 3 is 2.50 bits per heavy atom. The molecule has 5 nitrogen and oxygen atoms in total. The third-order valence-electron chi connectivity index (χ3n) is 4.25. The molecule has 1 amide bonds. The normalized spacial score (nSPS) is 28.3. The smallest absolute Gasteiger partial charge is 0.223 e. The molecule has 20 heavy (non-hydrogen) atoms. The minimum Gasteiger partial charge on any atom is -0.355 e. The van der Waals surface area contributed by atoms with Crippen LogP contribution < -0.4 is 11.1 Å². The van der Waals surface area contributed by atoms with Gasteiger partial charge in [-0.15, -0.1) is 12.4 Å². The lowest BCUT2D eigenvalue weighted by Gasteiger charge is -2.26. The average molecular weight is 325 g/mol. The highest BCUT2D eigenvalue weighted by Gasteiger charge is 2.45. The van der Waals surface area contributed by atoms with Crippen molar-refractivity contribution in [2.45, 2.75) is 44.6 Å². The average Bonchev–Trinajstić information content (AvgIpc) is 3.04. The first-order chi connectivity index (χ1) is 8.80. The molecule has 0 aromatic heterocycles. The van der Waals surface area contributed by atoms with Crippen molar-refractivity contribution in [3.8, 4) is 0 Å². The maximum atomic E-state index is 12.1. The van der Waals surface area contributed by atoms with Crippen LogP contribution in [0, 0.1) is 11.3 Å². The van der Waals surface area contributed by atoms with Crippen molar-refractivity contribution in [2.24, 2.45) is 17.1 Å². The quantitative estimate of drug-likeness (QED) is 0.785. The van der Waals surface area contributed by atoms with E-state index in [9.17, 15) is 13.2 Å². The lowest BCUT2D eigenvalue weighted by Crippen LogP contribution is -2.40. The first-order valence-corrected chi connectivity index (χ1v) is 9.07. The van der Waals surface area contributed by atoms with Crippen LogP contribution in [0.5, 0.6) is 0 Å². The number of sulfone groups is 1. The van der Waals surface area contributed by atoms with Crippen molar-refractivity contribution in [3.05, 3.63) is 0 Å². The molecule has 0 aromatic carbocycles. The molecule has 118 valence electrons. The molecule has 3 N–H and O–H groups in total. The van der Waals surface area contributed by atoms with Crippen molar-refractivity contribution in [3.63, 3.8) is 0 Å². The van der Waals surface area contributed by atoms with E-state index >= 15 is 0 Å². The summed E-state index contributed by atoms with van der Waals surface area (Å²) in [4.78, 5) is 12.1. The third kappa shape index (κ3) is 5.22. The summed E-state index contributed by atoms with van der Waals surface area (Å²) in [6.45, 7) is 0.491. The molecule has 2 aliphatic rings. The predicted molar refractivity (Wildman–Crippen MR) is 81.6 cm³/mol. The van der Waals surface area contributed by atoms with Gasteiger partial charge < -0.3 is 11.1 Å². The van der Waals surface area contributed by atoms with Crippen molar-refractivity contribution < 1.29 is 13.2 Å². The van der Waals surface area contributed by atoms with Gasteiger partial charge in [0.05, 0.1) is 5.75 Å². The van der Waals surface area contributed by atoms with E-state index in [0.29, 0.717) is 6.54 Å². The molecule has 7 heteroatoms. The number of carbonyl (C=O) groups is 1. The predicted octanol–water partition coefficient (Wildman–Crippen LogP) is 0.867. The van der Waals surface area contributed by atoms with Gasteiger partial charge in [0.2, 0.25) is 5.91 Å². The number of amides is 1. The second-order valence-corrected chi connectivity index (χ2v) is 8.55. The summed E-state index contributed by atoms with van der Waals surface area (Å²) >= 11 is 0. The number of halogens is 1. The fraction of sp³-hybridized carbons (Fsp3) is 0.923. The molecule has 2 fully saturated rings. The maximum absolute atomic E-state index is 12.1. The van der Waals surface area contributed by atoms with E-state index in [2.05, 4.69) is 5.32 Å². The molecule has 0 spiro atoms. The van der Waals surface area contributed by atoms with Crippen LogP contribution in [0.3, 0.4) is 0 Å². The number of rotatable bonds is 5. The molecule has 2 rings (SSSR count). The van der Waals surface area contributed by atoms with E-state index in [1.807, 2.05) is 0 Å². The molecule has 0 radical (unpaired) electrons. The Kier molecular flexibility index (Phi) is 5.87. The fourth-order valence-electron chi connectivity index (χ4n) is 2.99. The van der Waals surface area contributed by atoms with Crippen LogP contribution in [0.2, 0.25) is 0 Å². The summed E-state index contributed by atoms with van der Waals surface area (Å²) in [6.07, 6.45) is 6.71. The Morgan fingerprint density at radius 2 is 2.00 bits per heavy atom. The Morgan fingerprint density at radius 1 is 1.35 bits per heavy atom. The molecule has 0 aromatic rings. The van der Waals surface area contributed by atoms with Gasteiger partial charge in [0.25, 0.3) is 0 Å². The van der Waals surface area contributed by atoms with Crippen LogP contribution in [-0.4, -0.2) is 38.9 Å². The monoisotopic (exact) mass is 324 g/mol. The van der Waals surface area contributed by atoms with Gasteiger partial charge in [0.15, 0.2) is 0 Å². The lowest BCUT2D eigenvalue weighted by atomic mass is 9.85. The minimum atomic E-state index is -2.97. The summed E-state index contributed by atoms with van der Waals surface area (Å²) < 4.78 is 22.7. The zero-order chi connectivity index (χ0) is 14.1. The van der Waals surface area contributed by atoms with Crippen LogP contribution in [0.1, 0.15) is 38.5 Å². The molecule has 0 heterocycles. The lowest BCUT2D eigenvalue weighted by molar-refractivity contribution is -0.126. The zero-order valence-corrected chi connectivity index (χ0v) is 13.6. The van der Waals surface area contributed by atoms with Gasteiger partial charge in [-0.2, -0.15) is 0 Å². The Balaban J connectivity index is 0.00000200. The summed E-state index contributed by atoms with van der Waals surface area (Å²) in [5, 5.41) is 2.94. The summed E-state index contributed by atoms with van der Waals surface area (Å²) in [6, 6.07) is 0.135. The Labute approximate surface area is 127 Å². The maximum Gasteiger partial charge on any atom is 0.223 e. The number of nitrogens with one attached hydrogen (secondary N) is 1. The fourth-order valence-corrected chi connectivity index (χ4v) is 4.49. The number of nitrogens with two attached hydrogens (primary N) is 1. The molecule has 0 saturated heterocycles. The highest BCUT2D eigenvalue weighted by Crippen LogP contribution is 2.46. The van der Waals surface area contributed by atoms with Crippen LogP contribution in [-0.2, 0) is 14.6 Å². The number of hydrogen-bond donors (Lipinski definition) is 2. The second-order valence-electron chi connectivity index (χ2n) is 6.41. The van der Waals surface area contributed by atoms with Crippen LogP contribution in [0.15, 0.2) is 0 Å². The third-order valence-corrected chi connectivity index (χ3v) is 5.39. The van der Waals surface area contributed by atoms with Crippen molar-refractivity contribution >= 4 is 28.2 Å². The summed E-state index contributed by atoms with van der Waals surface area (Å²) in [5.74, 6) is 0.248. The number of carbonyl (C=O) groups excluding carboxylic acids is 1. The van der Waals surface area contributed by atoms with E-state index in [-0.39, 0.29) is 41.4 Å². The van der Waals surface area contributed by atoms with Gasteiger partial charge in [-0.05, 0) is 32.1 Å². The van der Waals surface area contributed by atoms with Gasteiger partial charge in [0.1, 0.15) is 9.84 Å². The number of hydrogen-bond acceptors (Lipinski definition) is 4. The van der Waals surface area contributed by atoms with E-state index < -0.39 is 9.84 Å². The summed E-state index contributed by atoms with van der Waals surface area (Å²) in [7, 11) is -2.97. The molecule has 2 unspecified atom stereocenters.